The molecule has 22 heavy (non-hydrogen) atoms. The van der Waals surface area contributed by atoms with E-state index in [1.807, 2.05) is 6.92 Å². The first kappa shape index (κ1) is 16.0. The molecule has 0 aliphatic heterocycles. The van der Waals surface area contributed by atoms with Gasteiger partial charge in [0.05, 0.1) is 4.92 Å². The highest BCUT2D eigenvalue weighted by Crippen LogP contribution is 2.37. The minimum atomic E-state index is -0.677. The second-order valence-electron chi connectivity index (χ2n) is 4.74. The predicted molar refractivity (Wildman–Crippen MR) is 81.1 cm³/mol. The van der Waals surface area contributed by atoms with Crippen molar-refractivity contribution in [3.8, 4) is 11.3 Å². The first-order valence-electron chi connectivity index (χ1n) is 6.56. The molecule has 7 nitrogen and oxygen atoms in total. The summed E-state index contributed by atoms with van der Waals surface area (Å²) in [6, 6.07) is 3.36. The molecule has 2 rings (SSSR count). The number of hydrogen-bond donors (Lipinski definition) is 1. The number of carbonyl (C=O) groups excluding carboxylic acids is 1. The SMILES string of the molecule is CCNC(=O)c1noc(-c2cc(Cl)c(C)cc2C)c1[N+](=O)[O-]. The highest BCUT2D eigenvalue weighted by Gasteiger charge is 2.33. The Morgan fingerprint density at radius 1 is 1.41 bits per heavy atom. The van der Waals surface area contributed by atoms with Gasteiger partial charge in [-0.15, -0.1) is 0 Å². The van der Waals surface area contributed by atoms with Crippen molar-refractivity contribution in [3.05, 3.63) is 44.1 Å². The Bertz CT molecular complexity index is 755. The topological polar surface area (TPSA) is 98.3 Å². The van der Waals surface area contributed by atoms with Gasteiger partial charge in [-0.25, -0.2) is 0 Å². The summed E-state index contributed by atoms with van der Waals surface area (Å²) in [6.07, 6.45) is 0. The van der Waals surface area contributed by atoms with Gasteiger partial charge >= 0.3 is 5.69 Å². The zero-order valence-electron chi connectivity index (χ0n) is 12.3. The van der Waals surface area contributed by atoms with Crippen LogP contribution in [0.2, 0.25) is 5.02 Å². The minimum Gasteiger partial charge on any atom is -0.351 e. The number of nitrogens with zero attached hydrogens (tertiary/aromatic N) is 2. The molecule has 0 bridgehead atoms. The molecular formula is C14H14ClN3O4. The third-order valence-corrected chi connectivity index (χ3v) is 3.56. The quantitative estimate of drug-likeness (QED) is 0.687. The Morgan fingerprint density at radius 3 is 2.68 bits per heavy atom. The third kappa shape index (κ3) is 2.80. The molecule has 0 unspecified atom stereocenters. The molecule has 0 atom stereocenters. The number of amides is 1. The average Bonchev–Trinajstić information content (AvgIpc) is 2.88. The lowest BCUT2D eigenvalue weighted by Gasteiger charge is -2.05. The summed E-state index contributed by atoms with van der Waals surface area (Å²) in [5.74, 6) is -0.731. The van der Waals surface area contributed by atoms with Crippen LogP contribution in [0.1, 0.15) is 28.5 Å². The van der Waals surface area contributed by atoms with Crippen LogP contribution < -0.4 is 5.32 Å². The van der Waals surface area contributed by atoms with Crippen molar-refractivity contribution in [3.63, 3.8) is 0 Å². The number of halogens is 1. The number of benzene rings is 1. The molecule has 0 spiro atoms. The largest absolute Gasteiger partial charge is 0.351 e. The molecule has 0 saturated heterocycles. The lowest BCUT2D eigenvalue weighted by Crippen LogP contribution is -2.23. The summed E-state index contributed by atoms with van der Waals surface area (Å²) in [7, 11) is 0. The maximum Gasteiger partial charge on any atom is 0.349 e. The predicted octanol–water partition coefficient (Wildman–Crippen LogP) is 3.27. The van der Waals surface area contributed by atoms with Crippen LogP contribution in [0.5, 0.6) is 0 Å². The van der Waals surface area contributed by atoms with Crippen LogP contribution in [-0.4, -0.2) is 22.5 Å². The molecule has 0 radical (unpaired) electrons. The molecule has 1 N–H and O–H groups in total. The molecule has 1 aromatic heterocycles. The van der Waals surface area contributed by atoms with E-state index >= 15 is 0 Å². The van der Waals surface area contributed by atoms with Crippen molar-refractivity contribution in [2.45, 2.75) is 20.8 Å². The van der Waals surface area contributed by atoms with Crippen LogP contribution in [0.25, 0.3) is 11.3 Å². The molecule has 1 aromatic carbocycles. The van der Waals surface area contributed by atoms with Crippen molar-refractivity contribution in [1.82, 2.24) is 10.5 Å². The Kier molecular flexibility index (Phi) is 4.46. The van der Waals surface area contributed by atoms with Gasteiger partial charge in [0.15, 0.2) is 0 Å². The van der Waals surface area contributed by atoms with Gasteiger partial charge in [0.1, 0.15) is 0 Å². The van der Waals surface area contributed by atoms with E-state index in [2.05, 4.69) is 10.5 Å². The highest BCUT2D eigenvalue weighted by molar-refractivity contribution is 6.31. The zero-order valence-corrected chi connectivity index (χ0v) is 13.0. The Balaban J connectivity index is 2.64. The van der Waals surface area contributed by atoms with Crippen LogP contribution in [0.15, 0.2) is 16.7 Å². The van der Waals surface area contributed by atoms with Crippen molar-refractivity contribution in [2.24, 2.45) is 0 Å². The molecule has 0 saturated carbocycles. The number of aryl methyl sites for hydroxylation is 2. The van der Waals surface area contributed by atoms with Crippen LogP contribution in [0, 0.1) is 24.0 Å². The molecular weight excluding hydrogens is 310 g/mol. The Hall–Kier alpha value is -2.41. The van der Waals surface area contributed by atoms with E-state index in [9.17, 15) is 14.9 Å². The number of rotatable bonds is 4. The van der Waals surface area contributed by atoms with Gasteiger partial charge in [0.2, 0.25) is 11.5 Å². The lowest BCUT2D eigenvalue weighted by molar-refractivity contribution is -0.384. The van der Waals surface area contributed by atoms with Crippen molar-refractivity contribution in [1.29, 1.82) is 0 Å². The molecule has 8 heteroatoms. The van der Waals surface area contributed by atoms with Gasteiger partial charge in [-0.05, 0) is 38.0 Å². The van der Waals surface area contributed by atoms with Crippen LogP contribution in [0.3, 0.4) is 0 Å². The minimum absolute atomic E-state index is 0.0781. The van der Waals surface area contributed by atoms with Crippen molar-refractivity contribution < 1.29 is 14.2 Å². The van der Waals surface area contributed by atoms with E-state index in [-0.39, 0.29) is 11.5 Å². The van der Waals surface area contributed by atoms with Gasteiger partial charge in [-0.2, -0.15) is 0 Å². The average molecular weight is 324 g/mol. The highest BCUT2D eigenvalue weighted by atomic mass is 35.5. The summed E-state index contributed by atoms with van der Waals surface area (Å²) in [4.78, 5) is 22.5. The zero-order chi connectivity index (χ0) is 16.4. The van der Waals surface area contributed by atoms with Crippen LogP contribution >= 0.6 is 11.6 Å². The van der Waals surface area contributed by atoms with E-state index in [4.69, 9.17) is 16.1 Å². The molecule has 0 fully saturated rings. The van der Waals surface area contributed by atoms with Crippen LogP contribution in [-0.2, 0) is 0 Å². The summed E-state index contributed by atoms with van der Waals surface area (Å²) < 4.78 is 5.08. The summed E-state index contributed by atoms with van der Waals surface area (Å²) in [5, 5.41) is 17.8. The maximum absolute atomic E-state index is 11.9. The fourth-order valence-electron chi connectivity index (χ4n) is 2.10. The number of aromatic nitrogens is 1. The molecule has 0 aliphatic rings. The molecule has 2 aromatic rings. The van der Waals surface area contributed by atoms with Gasteiger partial charge in [0.25, 0.3) is 5.91 Å². The summed E-state index contributed by atoms with van der Waals surface area (Å²) in [6.45, 7) is 5.63. The first-order chi connectivity index (χ1) is 10.4. The second-order valence-corrected chi connectivity index (χ2v) is 5.15. The lowest BCUT2D eigenvalue weighted by atomic mass is 10.0. The van der Waals surface area contributed by atoms with Crippen molar-refractivity contribution in [2.75, 3.05) is 6.54 Å². The standard InChI is InChI=1S/C14H14ClN3O4/c1-4-16-14(19)11-12(18(20)21)13(22-17-11)9-6-10(15)8(3)5-7(9)2/h5-6H,4H2,1-3H3,(H,16,19). The smallest absolute Gasteiger partial charge is 0.349 e. The van der Waals surface area contributed by atoms with E-state index in [0.29, 0.717) is 17.1 Å². The number of nitrogens with one attached hydrogen (secondary N) is 1. The second kappa shape index (κ2) is 6.15. The number of hydrogen-bond acceptors (Lipinski definition) is 5. The van der Waals surface area contributed by atoms with E-state index in [1.54, 1.807) is 26.0 Å². The number of carbonyl (C=O) groups is 1. The molecule has 116 valence electrons. The normalized spacial score (nSPS) is 10.5. The van der Waals surface area contributed by atoms with Gasteiger partial charge in [-0.3, -0.25) is 14.9 Å². The fraction of sp³-hybridized carbons (Fsp3) is 0.286. The monoisotopic (exact) mass is 323 g/mol. The summed E-state index contributed by atoms with van der Waals surface area (Å²) >= 11 is 6.08. The molecule has 1 heterocycles. The van der Waals surface area contributed by atoms with Crippen LogP contribution in [0.4, 0.5) is 5.69 Å². The maximum atomic E-state index is 11.9. The number of nitro groups is 1. The molecule has 0 aliphatic carbocycles. The van der Waals surface area contributed by atoms with Gasteiger partial charge in [-0.1, -0.05) is 22.8 Å². The molecule has 1 amide bonds. The van der Waals surface area contributed by atoms with Gasteiger partial charge < -0.3 is 9.84 Å². The Labute approximate surface area is 131 Å². The first-order valence-corrected chi connectivity index (χ1v) is 6.94. The van der Waals surface area contributed by atoms with E-state index in [1.165, 1.54) is 0 Å². The Morgan fingerprint density at radius 2 is 2.09 bits per heavy atom. The van der Waals surface area contributed by atoms with Crippen molar-refractivity contribution >= 4 is 23.2 Å². The fourth-order valence-corrected chi connectivity index (χ4v) is 2.26. The van der Waals surface area contributed by atoms with E-state index < -0.39 is 16.5 Å². The van der Waals surface area contributed by atoms with Gasteiger partial charge in [0, 0.05) is 17.1 Å². The van der Waals surface area contributed by atoms with E-state index in [0.717, 1.165) is 11.1 Å². The third-order valence-electron chi connectivity index (χ3n) is 3.15. The summed E-state index contributed by atoms with van der Waals surface area (Å²) in [5.41, 5.74) is 1.20.